The van der Waals surface area contributed by atoms with E-state index in [-0.39, 0.29) is 51.4 Å². The summed E-state index contributed by atoms with van der Waals surface area (Å²) in [5.41, 5.74) is -0.898. The van der Waals surface area contributed by atoms with Crippen molar-refractivity contribution in [2.24, 2.45) is 0 Å². The summed E-state index contributed by atoms with van der Waals surface area (Å²) in [7, 11) is 0. The van der Waals surface area contributed by atoms with Crippen LogP contribution in [0, 0.1) is 0 Å². The molecule has 20 heavy (non-hydrogen) atoms. The number of aromatic nitrogens is 2. The van der Waals surface area contributed by atoms with Gasteiger partial charge in [-0.2, -0.15) is 5.10 Å². The molecule has 0 amide bonds. The van der Waals surface area contributed by atoms with Gasteiger partial charge in [0.05, 0.1) is 11.9 Å². The van der Waals surface area contributed by atoms with Crippen LogP contribution in [-0.2, 0) is 6.54 Å². The molecule has 0 radical (unpaired) electrons. The Labute approximate surface area is 158 Å². The first-order valence-electron chi connectivity index (χ1n) is 5.99. The maximum atomic E-state index is 12.4. The third-order valence-electron chi connectivity index (χ3n) is 2.80. The molecule has 106 valence electrons. The van der Waals surface area contributed by atoms with Crippen LogP contribution < -0.4 is 61.8 Å². The fraction of sp³-hybridized carbons (Fsp3) is 0.455. The van der Waals surface area contributed by atoms with Gasteiger partial charge in [0.25, 0.3) is 5.56 Å². The Balaban J connectivity index is 0.00000361. The summed E-state index contributed by atoms with van der Waals surface area (Å²) in [6, 6.07) is 1.29. The van der Waals surface area contributed by atoms with Gasteiger partial charge in [0.1, 0.15) is 0 Å². The Morgan fingerprint density at radius 2 is 1.95 bits per heavy atom. The maximum absolute atomic E-state index is 12.4. The van der Waals surface area contributed by atoms with Gasteiger partial charge in [-0.3, -0.25) is 4.79 Å². The zero-order valence-electron chi connectivity index (χ0n) is 11.9. The summed E-state index contributed by atoms with van der Waals surface area (Å²) in [5, 5.41) is 3.76. The van der Waals surface area contributed by atoms with Gasteiger partial charge in [-0.15, -0.1) is 12.1 Å². The minimum Gasteiger partial charge on any atom is -0.445 e. The summed E-state index contributed by atoms with van der Waals surface area (Å²) in [6.07, 6.45) is 1.39. The van der Waals surface area contributed by atoms with Crippen LogP contribution in [0.1, 0.15) is 13.8 Å². The van der Waals surface area contributed by atoms with Gasteiger partial charge in [-0.1, -0.05) is 0 Å². The molecule has 0 spiro atoms. The number of anilines is 1. The molecular weight excluding hydrogens is 297 g/mol. The summed E-state index contributed by atoms with van der Waals surface area (Å²) in [5.74, 6) is 0. The molecule has 0 aromatic carbocycles. The predicted molar refractivity (Wildman–Crippen MR) is 70.3 cm³/mol. The van der Waals surface area contributed by atoms with Crippen LogP contribution in [-0.4, -0.2) is 29.8 Å². The van der Waals surface area contributed by atoms with E-state index in [1.165, 1.54) is 12.3 Å². The van der Waals surface area contributed by atoms with Gasteiger partial charge < -0.3 is 17.8 Å². The molecule has 0 atom stereocenters. The molecule has 9 heteroatoms. The van der Waals surface area contributed by atoms with Crippen LogP contribution in [0.5, 0.6) is 0 Å². The normalized spacial score (nSPS) is 10.8. The van der Waals surface area contributed by atoms with Crippen molar-refractivity contribution in [2.45, 2.75) is 20.4 Å². The van der Waals surface area contributed by atoms with E-state index >= 15 is 0 Å². The molecule has 0 fully saturated rings. The number of hydrogen-bond acceptors (Lipinski definition) is 3. The third-order valence-corrected chi connectivity index (χ3v) is 2.80. The maximum Gasteiger partial charge on any atom is 1.00 e. The molecule has 0 saturated carbocycles. The van der Waals surface area contributed by atoms with Gasteiger partial charge in [0.15, 0.2) is 0 Å². The first-order chi connectivity index (χ1) is 8.79. The number of nitrogens with zero attached hydrogens (tertiary/aromatic N) is 3. The molecule has 1 rings (SSSR count). The summed E-state index contributed by atoms with van der Waals surface area (Å²) in [6.45, 7) is 2.40. The molecule has 0 saturated heterocycles. The standard InChI is InChI=1S/C11H16BF3N3O.K/c1-4-17(5-2)10-6-11(19)18(16-7-10)8-9(3)12(13,14)15;/h6-7H,3-5,8H2,1-2H3;/q-1;+1. The van der Waals surface area contributed by atoms with Crippen molar-refractivity contribution in [3.05, 3.63) is 34.7 Å². The van der Waals surface area contributed by atoms with Gasteiger partial charge >= 0.3 is 58.4 Å². The van der Waals surface area contributed by atoms with E-state index in [2.05, 4.69) is 11.7 Å². The minimum absolute atomic E-state index is 0. The molecule has 0 N–H and O–H groups in total. The summed E-state index contributed by atoms with van der Waals surface area (Å²) >= 11 is 0. The first-order valence-corrected chi connectivity index (χ1v) is 5.99. The fourth-order valence-electron chi connectivity index (χ4n) is 1.60. The van der Waals surface area contributed by atoms with E-state index < -0.39 is 24.6 Å². The van der Waals surface area contributed by atoms with Gasteiger partial charge in [0, 0.05) is 25.7 Å². The van der Waals surface area contributed by atoms with Crippen LogP contribution in [0.4, 0.5) is 18.6 Å². The van der Waals surface area contributed by atoms with E-state index in [0.717, 1.165) is 4.68 Å². The molecule has 1 aromatic rings. The van der Waals surface area contributed by atoms with Crippen molar-refractivity contribution in [3.8, 4) is 0 Å². The Kier molecular flexibility index (Phi) is 8.34. The summed E-state index contributed by atoms with van der Waals surface area (Å²) < 4.78 is 38.0. The predicted octanol–water partition coefficient (Wildman–Crippen LogP) is -0.964. The van der Waals surface area contributed by atoms with E-state index in [0.29, 0.717) is 18.8 Å². The Bertz CT molecular complexity index is 514. The second-order valence-electron chi connectivity index (χ2n) is 4.11. The van der Waals surface area contributed by atoms with E-state index in [1.54, 1.807) is 0 Å². The topological polar surface area (TPSA) is 38.1 Å². The fourth-order valence-corrected chi connectivity index (χ4v) is 1.60. The van der Waals surface area contributed by atoms with Crippen molar-refractivity contribution < 1.29 is 64.3 Å². The smallest absolute Gasteiger partial charge is 0.445 e. The van der Waals surface area contributed by atoms with Crippen molar-refractivity contribution >= 4 is 12.7 Å². The molecule has 0 bridgehead atoms. The van der Waals surface area contributed by atoms with E-state index in [4.69, 9.17) is 0 Å². The Hall–Kier alpha value is -0.0887. The van der Waals surface area contributed by atoms with Crippen LogP contribution >= 0.6 is 0 Å². The molecule has 0 aliphatic carbocycles. The monoisotopic (exact) mass is 313 g/mol. The molecule has 1 aromatic heterocycles. The molecule has 0 unspecified atom stereocenters. The quantitative estimate of drug-likeness (QED) is 0.635. The van der Waals surface area contributed by atoms with Crippen molar-refractivity contribution in [2.75, 3.05) is 18.0 Å². The largest absolute Gasteiger partial charge is 1.00 e. The average Bonchev–Trinajstić information content (AvgIpc) is 2.32. The Morgan fingerprint density at radius 1 is 1.40 bits per heavy atom. The SMILES string of the molecule is C=C(Cn1ncc(N(CC)CC)cc1=O)[B-](F)(F)F.[K+]. The third kappa shape index (κ3) is 5.36. The van der Waals surface area contributed by atoms with Gasteiger partial charge in [-0.05, 0) is 13.8 Å². The van der Waals surface area contributed by atoms with Crippen LogP contribution in [0.15, 0.2) is 29.1 Å². The minimum atomic E-state index is -5.15. The van der Waals surface area contributed by atoms with Crippen molar-refractivity contribution in [1.82, 2.24) is 9.78 Å². The molecule has 4 nitrogen and oxygen atoms in total. The summed E-state index contributed by atoms with van der Waals surface area (Å²) in [4.78, 5) is 13.6. The Morgan fingerprint density at radius 3 is 2.35 bits per heavy atom. The van der Waals surface area contributed by atoms with Crippen LogP contribution in [0.25, 0.3) is 0 Å². The van der Waals surface area contributed by atoms with Gasteiger partial charge in [-0.25, -0.2) is 4.68 Å². The second kappa shape index (κ2) is 8.38. The van der Waals surface area contributed by atoms with E-state index in [9.17, 15) is 17.7 Å². The number of rotatable bonds is 6. The molecular formula is C11H16BF3KN3O. The second-order valence-corrected chi connectivity index (χ2v) is 4.11. The van der Waals surface area contributed by atoms with E-state index in [1.807, 2.05) is 18.7 Å². The molecule has 1 heterocycles. The average molecular weight is 313 g/mol. The zero-order valence-corrected chi connectivity index (χ0v) is 15.1. The van der Waals surface area contributed by atoms with Crippen LogP contribution in [0.3, 0.4) is 0 Å². The van der Waals surface area contributed by atoms with Crippen molar-refractivity contribution in [3.63, 3.8) is 0 Å². The zero-order chi connectivity index (χ0) is 14.6. The molecule has 0 aliphatic rings. The number of allylic oxidation sites excluding steroid dienone is 1. The molecule has 0 aliphatic heterocycles. The number of halogens is 3. The number of hydrogen-bond donors (Lipinski definition) is 0. The van der Waals surface area contributed by atoms with Gasteiger partial charge in [0.2, 0.25) is 0 Å². The van der Waals surface area contributed by atoms with Crippen molar-refractivity contribution in [1.29, 1.82) is 0 Å². The van der Waals surface area contributed by atoms with Crippen LogP contribution in [0.2, 0.25) is 0 Å². The first kappa shape index (κ1) is 19.9.